The first kappa shape index (κ1) is 30.8. The maximum Gasteiger partial charge on any atom is 0.244 e. The van der Waals surface area contributed by atoms with Crippen LogP contribution < -0.4 is 9.62 Å². The molecule has 0 aromatic heterocycles. The molecule has 1 unspecified atom stereocenters. The van der Waals surface area contributed by atoms with Gasteiger partial charge < -0.3 is 10.2 Å². The Balaban J connectivity index is 1.80. The van der Waals surface area contributed by atoms with E-state index in [1.54, 1.807) is 12.1 Å². The fourth-order valence-electron chi connectivity index (χ4n) is 5.03. The maximum absolute atomic E-state index is 14.3. The molecule has 42 heavy (non-hydrogen) atoms. The van der Waals surface area contributed by atoms with Crippen molar-refractivity contribution in [2.75, 3.05) is 17.1 Å². The molecule has 1 N–H and O–H groups in total. The fraction of sp³-hybridized carbons (Fsp3) is 0.294. The Morgan fingerprint density at radius 3 is 2.12 bits per heavy atom. The van der Waals surface area contributed by atoms with Crippen molar-refractivity contribution in [3.8, 4) is 0 Å². The van der Waals surface area contributed by atoms with Crippen molar-refractivity contribution >= 4 is 38.3 Å². The van der Waals surface area contributed by atoms with Crippen molar-refractivity contribution in [2.24, 2.45) is 0 Å². The minimum absolute atomic E-state index is 0.142. The minimum Gasteiger partial charge on any atom is -0.350 e. The normalized spacial score (nSPS) is 12.5. The molecule has 0 spiro atoms. The SMILES string of the molecule is Cc1cccc(CN(C(=O)CN(c2cccc3ccccc23)S(C)(=O)=O)C(Cc2ccccc2)C(=O)NC(C)(C)C)c1. The Morgan fingerprint density at radius 1 is 0.833 bits per heavy atom. The number of carbonyl (C=O) groups excluding carboxylic acids is 2. The molecule has 1 atom stereocenters. The van der Waals surface area contributed by atoms with Gasteiger partial charge in [-0.3, -0.25) is 13.9 Å². The standard InChI is InChI=1S/C34H39N3O4S/c1-25-13-11-16-27(21-25)23-36(31(33(39)35-34(2,3)4)22-26-14-7-6-8-15-26)32(38)24-37(42(5,40)41)30-20-12-18-28-17-9-10-19-29(28)30/h6-21,31H,22-24H2,1-5H3,(H,35,39). The van der Waals surface area contributed by atoms with E-state index in [0.717, 1.165) is 38.0 Å². The Labute approximate surface area is 249 Å². The van der Waals surface area contributed by atoms with Crippen LogP contribution in [0, 0.1) is 6.92 Å². The zero-order chi connectivity index (χ0) is 30.5. The Hall–Kier alpha value is -4.17. The predicted molar refractivity (Wildman–Crippen MR) is 170 cm³/mol. The van der Waals surface area contributed by atoms with Crippen LogP contribution in [0.5, 0.6) is 0 Å². The molecule has 0 heterocycles. The van der Waals surface area contributed by atoms with Gasteiger partial charge >= 0.3 is 0 Å². The van der Waals surface area contributed by atoms with E-state index in [0.29, 0.717) is 5.69 Å². The maximum atomic E-state index is 14.3. The van der Waals surface area contributed by atoms with E-state index in [4.69, 9.17) is 0 Å². The minimum atomic E-state index is -3.87. The monoisotopic (exact) mass is 585 g/mol. The highest BCUT2D eigenvalue weighted by atomic mass is 32.2. The van der Waals surface area contributed by atoms with Crippen LogP contribution in [0.15, 0.2) is 97.1 Å². The van der Waals surface area contributed by atoms with Crippen molar-refractivity contribution in [1.82, 2.24) is 10.2 Å². The topological polar surface area (TPSA) is 86.8 Å². The van der Waals surface area contributed by atoms with Gasteiger partial charge in [-0.1, -0.05) is 96.6 Å². The van der Waals surface area contributed by atoms with Crippen LogP contribution in [0.1, 0.15) is 37.5 Å². The van der Waals surface area contributed by atoms with E-state index >= 15 is 0 Å². The molecule has 0 aliphatic heterocycles. The number of nitrogens with one attached hydrogen (secondary N) is 1. The van der Waals surface area contributed by atoms with Crippen molar-refractivity contribution in [1.29, 1.82) is 0 Å². The lowest BCUT2D eigenvalue weighted by molar-refractivity contribution is -0.140. The van der Waals surface area contributed by atoms with Crippen LogP contribution in [0.3, 0.4) is 0 Å². The van der Waals surface area contributed by atoms with Crippen molar-refractivity contribution in [3.05, 3.63) is 114 Å². The van der Waals surface area contributed by atoms with Gasteiger partial charge in [0, 0.05) is 23.9 Å². The summed E-state index contributed by atoms with van der Waals surface area (Å²) in [5.41, 5.74) is 2.64. The number of anilines is 1. The first-order valence-corrected chi connectivity index (χ1v) is 15.8. The molecule has 7 nitrogen and oxygen atoms in total. The highest BCUT2D eigenvalue weighted by Crippen LogP contribution is 2.29. The van der Waals surface area contributed by atoms with Crippen molar-refractivity contribution in [2.45, 2.75) is 52.2 Å². The van der Waals surface area contributed by atoms with Crippen molar-refractivity contribution < 1.29 is 18.0 Å². The molecule has 0 radical (unpaired) electrons. The highest BCUT2D eigenvalue weighted by molar-refractivity contribution is 7.92. The number of hydrogen-bond donors (Lipinski definition) is 1. The van der Waals surface area contributed by atoms with Gasteiger partial charge in [0.1, 0.15) is 12.6 Å². The van der Waals surface area contributed by atoms with Crippen LogP contribution in [0.4, 0.5) is 5.69 Å². The summed E-state index contributed by atoms with van der Waals surface area (Å²) < 4.78 is 27.5. The molecule has 0 aliphatic carbocycles. The van der Waals surface area contributed by atoms with E-state index in [9.17, 15) is 18.0 Å². The number of fused-ring (bicyclic) bond motifs is 1. The quantitative estimate of drug-likeness (QED) is 0.268. The lowest BCUT2D eigenvalue weighted by Crippen LogP contribution is -2.56. The Kier molecular flexibility index (Phi) is 9.36. The number of hydrogen-bond acceptors (Lipinski definition) is 4. The highest BCUT2D eigenvalue weighted by Gasteiger charge is 2.34. The molecule has 2 amide bonds. The zero-order valence-electron chi connectivity index (χ0n) is 24.9. The second-order valence-electron chi connectivity index (χ2n) is 11.7. The van der Waals surface area contributed by atoms with Crippen LogP contribution in [0.25, 0.3) is 10.8 Å². The molecule has 0 saturated heterocycles. The van der Waals surface area contributed by atoms with Crippen LogP contribution >= 0.6 is 0 Å². The average Bonchev–Trinajstić information content (AvgIpc) is 2.92. The first-order chi connectivity index (χ1) is 19.8. The third kappa shape index (κ3) is 7.97. The average molecular weight is 586 g/mol. The summed E-state index contributed by atoms with van der Waals surface area (Å²) >= 11 is 0. The van der Waals surface area contributed by atoms with E-state index in [1.165, 1.54) is 4.90 Å². The lowest BCUT2D eigenvalue weighted by Gasteiger charge is -2.35. The molecule has 0 bridgehead atoms. The Bertz CT molecular complexity index is 1660. The molecule has 0 fully saturated rings. The van der Waals surface area contributed by atoms with E-state index in [-0.39, 0.29) is 18.9 Å². The Morgan fingerprint density at radius 2 is 1.45 bits per heavy atom. The molecular formula is C34H39N3O4S. The summed E-state index contributed by atoms with van der Waals surface area (Å²) in [6.07, 6.45) is 1.37. The van der Waals surface area contributed by atoms with Gasteiger partial charge in [-0.05, 0) is 50.3 Å². The van der Waals surface area contributed by atoms with Crippen LogP contribution in [-0.4, -0.2) is 49.5 Å². The zero-order valence-corrected chi connectivity index (χ0v) is 25.7. The summed E-state index contributed by atoms with van der Waals surface area (Å²) in [7, 11) is -3.87. The number of sulfonamides is 1. The summed E-state index contributed by atoms with van der Waals surface area (Å²) in [5.74, 6) is -0.775. The third-order valence-electron chi connectivity index (χ3n) is 6.92. The van der Waals surface area contributed by atoms with E-state index in [2.05, 4.69) is 5.32 Å². The van der Waals surface area contributed by atoms with Crippen molar-refractivity contribution in [3.63, 3.8) is 0 Å². The molecule has 4 rings (SSSR count). The van der Waals surface area contributed by atoms with Crippen LogP contribution in [-0.2, 0) is 32.6 Å². The third-order valence-corrected chi connectivity index (χ3v) is 8.05. The molecule has 0 saturated carbocycles. The second-order valence-corrected chi connectivity index (χ2v) is 13.6. The number of rotatable bonds is 10. The largest absolute Gasteiger partial charge is 0.350 e. The first-order valence-electron chi connectivity index (χ1n) is 14.0. The summed E-state index contributed by atoms with van der Waals surface area (Å²) in [5, 5.41) is 4.62. The molecule has 220 valence electrons. The molecule has 4 aromatic rings. The second kappa shape index (κ2) is 12.8. The van der Waals surface area contributed by atoms with Gasteiger partial charge in [0.2, 0.25) is 21.8 Å². The number of carbonyl (C=O) groups is 2. The van der Waals surface area contributed by atoms with Crippen LogP contribution in [0.2, 0.25) is 0 Å². The van der Waals surface area contributed by atoms with Gasteiger partial charge in [-0.15, -0.1) is 0 Å². The predicted octanol–water partition coefficient (Wildman–Crippen LogP) is 5.47. The summed E-state index contributed by atoms with van der Waals surface area (Å²) in [4.78, 5) is 29.7. The van der Waals surface area contributed by atoms with Gasteiger partial charge in [0.15, 0.2) is 0 Å². The smallest absolute Gasteiger partial charge is 0.244 e. The molecule has 8 heteroatoms. The number of amides is 2. The number of aryl methyl sites for hydroxylation is 1. The van der Waals surface area contributed by atoms with Gasteiger partial charge in [0.25, 0.3) is 0 Å². The number of nitrogens with zero attached hydrogens (tertiary/aromatic N) is 2. The molecule has 4 aromatic carbocycles. The molecular weight excluding hydrogens is 546 g/mol. The lowest BCUT2D eigenvalue weighted by atomic mass is 10.0. The summed E-state index contributed by atoms with van der Waals surface area (Å²) in [6.45, 7) is 7.33. The van der Waals surface area contributed by atoms with E-state index in [1.807, 2.05) is 113 Å². The van der Waals surface area contributed by atoms with Gasteiger partial charge in [-0.2, -0.15) is 0 Å². The fourth-order valence-corrected chi connectivity index (χ4v) is 5.90. The molecule has 0 aliphatic rings. The van der Waals surface area contributed by atoms with E-state index < -0.39 is 34.1 Å². The van der Waals surface area contributed by atoms with Gasteiger partial charge in [0.05, 0.1) is 11.9 Å². The van der Waals surface area contributed by atoms with Gasteiger partial charge in [-0.25, -0.2) is 8.42 Å². The summed E-state index contributed by atoms with van der Waals surface area (Å²) in [6, 6.07) is 29.3. The number of benzene rings is 4.